The maximum Gasteiger partial charge on any atom is 0.305 e. The van der Waals surface area contributed by atoms with Gasteiger partial charge < -0.3 is 15.7 Å². The largest absolute Gasteiger partial charge is 0.481 e. The van der Waals surface area contributed by atoms with Gasteiger partial charge in [0.1, 0.15) is 11.6 Å². The molecule has 0 saturated heterocycles. The minimum Gasteiger partial charge on any atom is -0.481 e. The summed E-state index contributed by atoms with van der Waals surface area (Å²) in [6.07, 6.45) is 8.01. The number of aliphatic carboxylic acids is 1. The predicted octanol–water partition coefficient (Wildman–Crippen LogP) is 5.65. The number of carbonyl (C=O) groups is 2. The van der Waals surface area contributed by atoms with Gasteiger partial charge in [-0.3, -0.25) is 9.59 Å². The van der Waals surface area contributed by atoms with Crippen molar-refractivity contribution in [2.24, 2.45) is 5.92 Å². The first-order valence-corrected chi connectivity index (χ1v) is 12.8. The number of hydrogen-bond acceptors (Lipinski definition) is 4. The van der Waals surface area contributed by atoms with Crippen LogP contribution in [0.2, 0.25) is 0 Å². The Labute approximate surface area is 214 Å². The van der Waals surface area contributed by atoms with Crippen LogP contribution in [0.25, 0.3) is 5.69 Å². The molecule has 1 saturated carbocycles. The Bertz CT molecular complexity index is 1220. The van der Waals surface area contributed by atoms with E-state index in [1.807, 2.05) is 25.3 Å². The van der Waals surface area contributed by atoms with Crippen LogP contribution in [-0.4, -0.2) is 33.3 Å². The second-order valence-corrected chi connectivity index (χ2v) is 9.45. The molecule has 3 aromatic rings. The van der Waals surface area contributed by atoms with Gasteiger partial charge in [0.25, 0.3) is 5.91 Å². The van der Waals surface area contributed by atoms with Crippen molar-refractivity contribution in [3.05, 3.63) is 77.1 Å². The van der Waals surface area contributed by atoms with E-state index < -0.39 is 17.6 Å². The van der Waals surface area contributed by atoms with Crippen LogP contribution < -0.4 is 10.6 Å². The van der Waals surface area contributed by atoms with Crippen LogP contribution in [0.5, 0.6) is 0 Å². The van der Waals surface area contributed by atoms with Gasteiger partial charge in [0.15, 0.2) is 0 Å². The molecule has 3 N–H and O–H groups in total. The SMILES string of the molecule is CCc1nn(-c2cc(F)cc(F)c2)cc1C(Nc1ccc(C(=O)NCCC(=O)O)cc1)C1CCCCC1. The summed E-state index contributed by atoms with van der Waals surface area (Å²) in [5.41, 5.74) is 3.47. The van der Waals surface area contributed by atoms with E-state index >= 15 is 0 Å². The van der Waals surface area contributed by atoms with E-state index in [9.17, 15) is 18.4 Å². The smallest absolute Gasteiger partial charge is 0.305 e. The highest BCUT2D eigenvalue weighted by Gasteiger charge is 2.29. The van der Waals surface area contributed by atoms with Gasteiger partial charge >= 0.3 is 5.97 Å². The van der Waals surface area contributed by atoms with Crippen molar-refractivity contribution < 1.29 is 23.5 Å². The topological polar surface area (TPSA) is 96.3 Å². The first-order valence-electron chi connectivity index (χ1n) is 12.8. The van der Waals surface area contributed by atoms with E-state index in [4.69, 9.17) is 5.11 Å². The summed E-state index contributed by atoms with van der Waals surface area (Å²) >= 11 is 0. The number of anilines is 1. The highest BCUT2D eigenvalue weighted by atomic mass is 19.1. The molecule has 1 aliphatic carbocycles. The monoisotopic (exact) mass is 510 g/mol. The molecule has 0 spiro atoms. The Balaban J connectivity index is 1.59. The Morgan fingerprint density at radius 3 is 2.38 bits per heavy atom. The number of halogens is 2. The van der Waals surface area contributed by atoms with Crippen molar-refractivity contribution in [2.45, 2.75) is 57.9 Å². The normalized spacial score (nSPS) is 14.8. The molecule has 0 aliphatic heterocycles. The highest BCUT2D eigenvalue weighted by Crippen LogP contribution is 2.38. The molecule has 196 valence electrons. The summed E-state index contributed by atoms with van der Waals surface area (Å²) < 4.78 is 29.3. The van der Waals surface area contributed by atoms with E-state index in [0.29, 0.717) is 23.6 Å². The molecule has 4 rings (SSSR count). The second-order valence-electron chi connectivity index (χ2n) is 9.45. The lowest BCUT2D eigenvalue weighted by Gasteiger charge is -2.32. The zero-order valence-corrected chi connectivity index (χ0v) is 20.8. The molecule has 37 heavy (non-hydrogen) atoms. The molecule has 1 amide bonds. The summed E-state index contributed by atoms with van der Waals surface area (Å²) in [5, 5.41) is 19.7. The van der Waals surface area contributed by atoms with Gasteiger partial charge in [0.05, 0.1) is 23.8 Å². The lowest BCUT2D eigenvalue weighted by Crippen LogP contribution is -2.26. The summed E-state index contributed by atoms with van der Waals surface area (Å²) in [5.74, 6) is -2.24. The van der Waals surface area contributed by atoms with Crippen LogP contribution in [0.1, 0.15) is 73.1 Å². The minimum atomic E-state index is -0.967. The van der Waals surface area contributed by atoms with Gasteiger partial charge in [-0.25, -0.2) is 13.5 Å². The zero-order chi connectivity index (χ0) is 26.4. The molecule has 7 nitrogen and oxygen atoms in total. The predicted molar refractivity (Wildman–Crippen MR) is 137 cm³/mol. The Morgan fingerprint density at radius 2 is 1.76 bits per heavy atom. The molecule has 1 unspecified atom stereocenters. The van der Waals surface area contributed by atoms with Gasteiger partial charge in [-0.2, -0.15) is 5.10 Å². The van der Waals surface area contributed by atoms with Crippen LogP contribution >= 0.6 is 0 Å². The van der Waals surface area contributed by atoms with Crippen molar-refractivity contribution in [1.29, 1.82) is 0 Å². The lowest BCUT2D eigenvalue weighted by molar-refractivity contribution is -0.136. The molecule has 9 heteroatoms. The average molecular weight is 511 g/mol. The van der Waals surface area contributed by atoms with Crippen LogP contribution in [0.15, 0.2) is 48.7 Å². The fourth-order valence-electron chi connectivity index (χ4n) is 4.96. The molecule has 0 bridgehead atoms. The van der Waals surface area contributed by atoms with Crippen molar-refractivity contribution in [2.75, 3.05) is 11.9 Å². The summed E-state index contributed by atoms with van der Waals surface area (Å²) in [6.45, 7) is 2.08. The molecule has 1 fully saturated rings. The summed E-state index contributed by atoms with van der Waals surface area (Å²) in [4.78, 5) is 23.0. The third kappa shape index (κ3) is 6.72. The molecular formula is C28H32F2N4O3. The van der Waals surface area contributed by atoms with Crippen molar-refractivity contribution in [3.63, 3.8) is 0 Å². The van der Waals surface area contributed by atoms with E-state index in [0.717, 1.165) is 48.7 Å². The number of nitrogens with zero attached hydrogens (tertiary/aromatic N) is 2. The van der Waals surface area contributed by atoms with Gasteiger partial charge in [0, 0.05) is 35.6 Å². The second kappa shape index (κ2) is 12.0. The van der Waals surface area contributed by atoms with Crippen molar-refractivity contribution in [1.82, 2.24) is 15.1 Å². The van der Waals surface area contributed by atoms with E-state index in [-0.39, 0.29) is 24.9 Å². The molecule has 2 aromatic carbocycles. The summed E-state index contributed by atoms with van der Waals surface area (Å²) in [7, 11) is 0. The summed E-state index contributed by atoms with van der Waals surface area (Å²) in [6, 6.07) is 10.4. The van der Waals surface area contributed by atoms with Crippen LogP contribution in [0, 0.1) is 17.6 Å². The van der Waals surface area contributed by atoms with E-state index in [1.165, 1.54) is 18.6 Å². The maximum absolute atomic E-state index is 13.9. The van der Waals surface area contributed by atoms with Crippen molar-refractivity contribution in [3.8, 4) is 5.69 Å². The Morgan fingerprint density at radius 1 is 1.08 bits per heavy atom. The molecule has 1 heterocycles. The fraction of sp³-hybridized carbons (Fsp3) is 0.393. The number of carbonyl (C=O) groups excluding carboxylic acids is 1. The van der Waals surface area contributed by atoms with Gasteiger partial charge in [-0.15, -0.1) is 0 Å². The van der Waals surface area contributed by atoms with Gasteiger partial charge in [-0.05, 0) is 61.6 Å². The number of hydrogen-bond donors (Lipinski definition) is 3. The Kier molecular flexibility index (Phi) is 8.53. The molecular weight excluding hydrogens is 478 g/mol. The maximum atomic E-state index is 13.9. The minimum absolute atomic E-state index is 0.0577. The Hall–Kier alpha value is -3.75. The highest BCUT2D eigenvalue weighted by molar-refractivity contribution is 5.94. The quantitative estimate of drug-likeness (QED) is 0.328. The third-order valence-corrected chi connectivity index (χ3v) is 6.82. The number of carboxylic acids is 1. The zero-order valence-electron chi connectivity index (χ0n) is 20.8. The van der Waals surface area contributed by atoms with Gasteiger partial charge in [0.2, 0.25) is 0 Å². The van der Waals surface area contributed by atoms with Crippen molar-refractivity contribution >= 4 is 17.6 Å². The van der Waals surface area contributed by atoms with Crippen LogP contribution in [0.4, 0.5) is 14.5 Å². The third-order valence-electron chi connectivity index (χ3n) is 6.82. The number of carboxylic acid groups (broad SMARTS) is 1. The van der Waals surface area contributed by atoms with Crippen LogP contribution in [0.3, 0.4) is 0 Å². The standard InChI is InChI=1S/C28H32F2N4O3/c1-2-25-24(17-34(33-25)23-15-20(29)14-21(30)16-23)27(18-6-4-3-5-7-18)32-22-10-8-19(9-11-22)28(37)31-13-12-26(35)36/h8-11,14-18,27,32H,2-7,12-13H2,1H3,(H,31,37)(H,35,36). The molecule has 0 radical (unpaired) electrons. The number of aryl methyl sites for hydroxylation is 1. The molecule has 1 atom stereocenters. The lowest BCUT2D eigenvalue weighted by atomic mass is 9.81. The van der Waals surface area contributed by atoms with E-state index in [1.54, 1.807) is 16.8 Å². The molecule has 1 aromatic heterocycles. The molecule has 1 aliphatic rings. The number of amides is 1. The van der Waals surface area contributed by atoms with Gasteiger partial charge in [-0.1, -0.05) is 26.2 Å². The number of benzene rings is 2. The van der Waals surface area contributed by atoms with E-state index in [2.05, 4.69) is 15.7 Å². The number of nitrogens with one attached hydrogen (secondary N) is 2. The average Bonchev–Trinajstić information content (AvgIpc) is 3.31. The number of rotatable bonds is 10. The fourth-order valence-corrected chi connectivity index (χ4v) is 4.96. The first kappa shape index (κ1) is 26.3. The number of aromatic nitrogens is 2. The first-order chi connectivity index (χ1) is 17.8. The van der Waals surface area contributed by atoms with Crippen LogP contribution in [-0.2, 0) is 11.2 Å².